The number of aromatic nitrogens is 4. The highest BCUT2D eigenvalue weighted by atomic mass is 16.1. The van der Waals surface area contributed by atoms with E-state index in [0.29, 0.717) is 18.8 Å². The molecule has 0 radical (unpaired) electrons. The molecule has 1 unspecified atom stereocenters. The third-order valence-corrected chi connectivity index (χ3v) is 3.91. The van der Waals surface area contributed by atoms with Gasteiger partial charge in [0, 0.05) is 36.7 Å². The van der Waals surface area contributed by atoms with Gasteiger partial charge in [-0.25, -0.2) is 19.9 Å². The Bertz CT molecular complexity index is 690. The molecule has 0 aromatic carbocycles. The number of hydrogen-bond donors (Lipinski definition) is 1. The molecule has 0 bridgehead atoms. The van der Waals surface area contributed by atoms with Crippen molar-refractivity contribution in [2.75, 3.05) is 11.4 Å². The smallest absolute Gasteiger partial charge is 0.225 e. The first kappa shape index (κ1) is 15.3. The molecule has 2 aromatic rings. The van der Waals surface area contributed by atoms with E-state index in [1.54, 1.807) is 18.5 Å². The molecule has 0 saturated carbocycles. The summed E-state index contributed by atoms with van der Waals surface area (Å²) in [5, 5.41) is 0. The van der Waals surface area contributed by atoms with Crippen LogP contribution in [0.3, 0.4) is 0 Å². The van der Waals surface area contributed by atoms with Gasteiger partial charge < -0.3 is 10.6 Å². The maximum atomic E-state index is 11.0. The van der Waals surface area contributed by atoms with E-state index in [0.717, 1.165) is 36.6 Å². The number of nitrogens with zero attached hydrogens (tertiary/aromatic N) is 5. The SMILES string of the molecule is Cc1cc(CCC(N)=O)nc(C2CCCN2c2ncccn2)n1. The van der Waals surface area contributed by atoms with Crippen molar-refractivity contribution in [3.8, 4) is 0 Å². The Morgan fingerprint density at radius 3 is 2.87 bits per heavy atom. The zero-order valence-corrected chi connectivity index (χ0v) is 13.1. The maximum Gasteiger partial charge on any atom is 0.225 e. The van der Waals surface area contributed by atoms with Crippen molar-refractivity contribution in [2.24, 2.45) is 5.73 Å². The predicted molar refractivity (Wildman–Crippen MR) is 85.6 cm³/mol. The van der Waals surface area contributed by atoms with Crippen LogP contribution in [-0.4, -0.2) is 32.4 Å². The second-order valence-electron chi connectivity index (χ2n) is 5.73. The summed E-state index contributed by atoms with van der Waals surface area (Å²) in [7, 11) is 0. The summed E-state index contributed by atoms with van der Waals surface area (Å²) >= 11 is 0. The highest BCUT2D eigenvalue weighted by Crippen LogP contribution is 2.32. The van der Waals surface area contributed by atoms with Gasteiger partial charge in [-0.15, -0.1) is 0 Å². The van der Waals surface area contributed by atoms with E-state index in [-0.39, 0.29) is 11.9 Å². The Labute approximate surface area is 135 Å². The quantitative estimate of drug-likeness (QED) is 0.894. The summed E-state index contributed by atoms with van der Waals surface area (Å²) in [6, 6.07) is 3.79. The van der Waals surface area contributed by atoms with E-state index in [1.807, 2.05) is 13.0 Å². The zero-order valence-electron chi connectivity index (χ0n) is 13.1. The molecule has 120 valence electrons. The van der Waals surface area contributed by atoms with Gasteiger partial charge in [-0.2, -0.15) is 0 Å². The fourth-order valence-electron chi connectivity index (χ4n) is 2.90. The van der Waals surface area contributed by atoms with Gasteiger partial charge in [-0.05, 0) is 38.3 Å². The molecule has 3 rings (SSSR count). The molecule has 7 heteroatoms. The molecule has 0 spiro atoms. The molecule has 1 aliphatic rings. The molecular formula is C16H20N6O. The van der Waals surface area contributed by atoms with Crippen LogP contribution in [-0.2, 0) is 11.2 Å². The molecule has 2 aromatic heterocycles. The van der Waals surface area contributed by atoms with Gasteiger partial charge in [0.1, 0.15) is 0 Å². The number of carbonyl (C=O) groups is 1. The molecule has 23 heavy (non-hydrogen) atoms. The second kappa shape index (κ2) is 6.68. The molecule has 3 heterocycles. The lowest BCUT2D eigenvalue weighted by Gasteiger charge is -2.23. The Kier molecular flexibility index (Phi) is 4.45. The molecule has 2 N–H and O–H groups in total. The minimum atomic E-state index is -0.317. The van der Waals surface area contributed by atoms with E-state index < -0.39 is 0 Å². The Morgan fingerprint density at radius 2 is 2.13 bits per heavy atom. The molecule has 0 aliphatic carbocycles. The van der Waals surface area contributed by atoms with Gasteiger partial charge in [0.2, 0.25) is 11.9 Å². The van der Waals surface area contributed by atoms with Crippen molar-refractivity contribution in [1.29, 1.82) is 0 Å². The van der Waals surface area contributed by atoms with Crippen LogP contribution in [0.2, 0.25) is 0 Å². The summed E-state index contributed by atoms with van der Waals surface area (Å²) in [5.41, 5.74) is 6.98. The number of rotatable bonds is 5. The lowest BCUT2D eigenvalue weighted by molar-refractivity contribution is -0.118. The van der Waals surface area contributed by atoms with E-state index in [2.05, 4.69) is 24.8 Å². The van der Waals surface area contributed by atoms with Crippen molar-refractivity contribution in [3.63, 3.8) is 0 Å². The average molecular weight is 312 g/mol. The normalized spacial score (nSPS) is 17.4. The van der Waals surface area contributed by atoms with E-state index in [9.17, 15) is 4.79 Å². The first-order valence-electron chi connectivity index (χ1n) is 7.80. The van der Waals surface area contributed by atoms with Crippen molar-refractivity contribution in [2.45, 2.75) is 38.6 Å². The lowest BCUT2D eigenvalue weighted by Crippen LogP contribution is -2.26. The van der Waals surface area contributed by atoms with Gasteiger partial charge in [-0.1, -0.05) is 0 Å². The second-order valence-corrected chi connectivity index (χ2v) is 5.73. The van der Waals surface area contributed by atoms with E-state index in [4.69, 9.17) is 5.73 Å². The van der Waals surface area contributed by atoms with Gasteiger partial charge in [0.25, 0.3) is 0 Å². The van der Waals surface area contributed by atoms with Crippen LogP contribution in [0.15, 0.2) is 24.5 Å². The predicted octanol–water partition coefficient (Wildman–Crippen LogP) is 1.33. The number of anilines is 1. The third kappa shape index (κ3) is 3.61. The van der Waals surface area contributed by atoms with Crippen LogP contribution in [0.4, 0.5) is 5.95 Å². The molecule has 1 amide bonds. The van der Waals surface area contributed by atoms with Crippen LogP contribution in [0.1, 0.15) is 42.5 Å². The number of primary amides is 1. The summed E-state index contributed by atoms with van der Waals surface area (Å²) in [6.07, 6.45) is 6.35. The molecule has 1 aliphatic heterocycles. The minimum absolute atomic E-state index is 0.0737. The van der Waals surface area contributed by atoms with Gasteiger partial charge >= 0.3 is 0 Å². The highest BCUT2D eigenvalue weighted by Gasteiger charge is 2.30. The van der Waals surface area contributed by atoms with Crippen LogP contribution in [0.25, 0.3) is 0 Å². The summed E-state index contributed by atoms with van der Waals surface area (Å²) in [6.45, 7) is 2.83. The average Bonchev–Trinajstić information content (AvgIpc) is 3.03. The van der Waals surface area contributed by atoms with Crippen molar-refractivity contribution >= 4 is 11.9 Å². The van der Waals surface area contributed by atoms with Crippen LogP contribution in [0, 0.1) is 6.92 Å². The maximum absolute atomic E-state index is 11.0. The zero-order chi connectivity index (χ0) is 16.2. The standard InChI is InChI=1S/C16H20N6O/c1-11-10-12(5-6-14(17)23)21-15(20-11)13-4-2-9-22(13)16-18-7-3-8-19-16/h3,7-8,10,13H,2,4-6,9H2,1H3,(H2,17,23). The molecule has 7 nitrogen and oxygen atoms in total. The van der Waals surface area contributed by atoms with Gasteiger partial charge in [-0.3, -0.25) is 4.79 Å². The minimum Gasteiger partial charge on any atom is -0.370 e. The molecule has 1 atom stereocenters. The first-order chi connectivity index (χ1) is 11.1. The number of carbonyl (C=O) groups excluding carboxylic acids is 1. The van der Waals surface area contributed by atoms with Crippen LogP contribution < -0.4 is 10.6 Å². The van der Waals surface area contributed by atoms with Gasteiger partial charge in [0.05, 0.1) is 6.04 Å². The molecule has 1 saturated heterocycles. The highest BCUT2D eigenvalue weighted by molar-refractivity contribution is 5.73. The fourth-order valence-corrected chi connectivity index (χ4v) is 2.90. The fraction of sp³-hybridized carbons (Fsp3) is 0.438. The van der Waals surface area contributed by atoms with Crippen LogP contribution in [0.5, 0.6) is 0 Å². The summed E-state index contributed by atoms with van der Waals surface area (Å²) in [4.78, 5) is 31.1. The Hall–Kier alpha value is -2.57. The number of amides is 1. The number of hydrogen-bond acceptors (Lipinski definition) is 6. The number of aryl methyl sites for hydroxylation is 2. The van der Waals surface area contributed by atoms with Crippen LogP contribution >= 0.6 is 0 Å². The Balaban J connectivity index is 1.86. The molecule has 1 fully saturated rings. The Morgan fingerprint density at radius 1 is 1.35 bits per heavy atom. The van der Waals surface area contributed by atoms with Gasteiger partial charge in [0.15, 0.2) is 5.82 Å². The first-order valence-corrected chi connectivity index (χ1v) is 7.80. The largest absolute Gasteiger partial charge is 0.370 e. The molecular weight excluding hydrogens is 292 g/mol. The lowest BCUT2D eigenvalue weighted by atomic mass is 10.1. The van der Waals surface area contributed by atoms with Crippen molar-refractivity contribution in [1.82, 2.24) is 19.9 Å². The van der Waals surface area contributed by atoms with E-state index >= 15 is 0 Å². The third-order valence-electron chi connectivity index (χ3n) is 3.91. The monoisotopic (exact) mass is 312 g/mol. The summed E-state index contributed by atoms with van der Waals surface area (Å²) < 4.78 is 0. The van der Waals surface area contributed by atoms with Crippen molar-refractivity contribution in [3.05, 3.63) is 41.7 Å². The topological polar surface area (TPSA) is 97.9 Å². The number of nitrogens with two attached hydrogens (primary N) is 1. The van der Waals surface area contributed by atoms with Crippen molar-refractivity contribution < 1.29 is 4.79 Å². The summed E-state index contributed by atoms with van der Waals surface area (Å²) in [5.74, 6) is 1.16. The van der Waals surface area contributed by atoms with E-state index in [1.165, 1.54) is 0 Å².